The number of aromatic nitrogens is 2. The fourth-order valence-electron chi connectivity index (χ4n) is 1.09. The summed E-state index contributed by atoms with van der Waals surface area (Å²) in [6.45, 7) is 4.58. The fraction of sp³-hybridized carbons (Fsp3) is 0.556. The van der Waals surface area contributed by atoms with Crippen molar-refractivity contribution in [1.82, 2.24) is 9.78 Å². The van der Waals surface area contributed by atoms with E-state index in [2.05, 4.69) is 5.10 Å². The quantitative estimate of drug-likeness (QED) is 0.699. The smallest absolute Gasteiger partial charge is 0.167 e. The van der Waals surface area contributed by atoms with Gasteiger partial charge in [-0.25, -0.2) is 0 Å². The van der Waals surface area contributed by atoms with Crippen LogP contribution in [0.3, 0.4) is 0 Å². The molecule has 0 aromatic carbocycles. The van der Waals surface area contributed by atoms with E-state index < -0.39 is 0 Å². The van der Waals surface area contributed by atoms with Gasteiger partial charge in [-0.2, -0.15) is 5.10 Å². The van der Waals surface area contributed by atoms with Crippen molar-refractivity contribution >= 4 is 5.78 Å². The number of rotatable bonds is 4. The molecule has 0 amide bonds. The second-order valence-electron chi connectivity index (χ2n) is 3.19. The number of hydrogen-bond acceptors (Lipinski definition) is 3. The summed E-state index contributed by atoms with van der Waals surface area (Å²) in [5.41, 5.74) is 6.17. The maximum atomic E-state index is 11.5. The fourth-order valence-corrected chi connectivity index (χ4v) is 1.09. The average Bonchev–Trinajstić information content (AvgIpc) is 2.50. The van der Waals surface area contributed by atoms with E-state index in [0.717, 1.165) is 6.54 Å². The van der Waals surface area contributed by atoms with Gasteiger partial charge in [-0.3, -0.25) is 9.48 Å². The van der Waals surface area contributed by atoms with Crippen molar-refractivity contribution in [2.24, 2.45) is 5.73 Å². The molecule has 0 radical (unpaired) electrons. The van der Waals surface area contributed by atoms with Crippen LogP contribution in [0.15, 0.2) is 12.4 Å². The Balaban J connectivity index is 2.66. The predicted molar refractivity (Wildman–Crippen MR) is 50.5 cm³/mol. The zero-order chi connectivity index (χ0) is 9.84. The van der Waals surface area contributed by atoms with Crippen molar-refractivity contribution in [1.29, 1.82) is 0 Å². The van der Waals surface area contributed by atoms with Crippen molar-refractivity contribution < 1.29 is 4.79 Å². The standard InChI is InChI=1S/C9H15N3O/c1-3-12-6-8(5-11-12)9(13)4-7(2)10/h5-7H,3-4,10H2,1-2H3. The summed E-state index contributed by atoms with van der Waals surface area (Å²) >= 11 is 0. The van der Waals surface area contributed by atoms with Crippen LogP contribution < -0.4 is 5.73 Å². The highest BCUT2D eigenvalue weighted by Gasteiger charge is 2.09. The van der Waals surface area contributed by atoms with Crippen molar-refractivity contribution in [3.05, 3.63) is 18.0 Å². The first kappa shape index (κ1) is 9.92. The molecule has 1 aromatic rings. The van der Waals surface area contributed by atoms with Crippen molar-refractivity contribution in [3.63, 3.8) is 0 Å². The first-order valence-corrected chi connectivity index (χ1v) is 4.44. The van der Waals surface area contributed by atoms with Gasteiger partial charge in [-0.15, -0.1) is 0 Å². The molecule has 0 saturated heterocycles. The molecule has 1 unspecified atom stereocenters. The Morgan fingerprint density at radius 1 is 1.77 bits per heavy atom. The Morgan fingerprint density at radius 3 is 2.92 bits per heavy atom. The lowest BCUT2D eigenvalue weighted by atomic mass is 10.1. The van der Waals surface area contributed by atoms with Gasteiger partial charge in [0.2, 0.25) is 0 Å². The molecule has 2 N–H and O–H groups in total. The van der Waals surface area contributed by atoms with Crippen LogP contribution in [0.25, 0.3) is 0 Å². The minimum Gasteiger partial charge on any atom is -0.328 e. The third-order valence-corrected chi connectivity index (χ3v) is 1.79. The van der Waals surface area contributed by atoms with Gasteiger partial charge in [0.05, 0.1) is 11.8 Å². The third-order valence-electron chi connectivity index (χ3n) is 1.79. The van der Waals surface area contributed by atoms with E-state index in [1.54, 1.807) is 17.1 Å². The zero-order valence-electron chi connectivity index (χ0n) is 8.03. The van der Waals surface area contributed by atoms with E-state index in [-0.39, 0.29) is 11.8 Å². The number of Topliss-reactive ketones (excluding diaryl/α,β-unsaturated/α-hetero) is 1. The Morgan fingerprint density at radius 2 is 2.46 bits per heavy atom. The molecule has 0 fully saturated rings. The van der Waals surface area contributed by atoms with Gasteiger partial charge in [0.25, 0.3) is 0 Å². The number of carbonyl (C=O) groups is 1. The van der Waals surface area contributed by atoms with Crippen molar-refractivity contribution in [2.75, 3.05) is 0 Å². The molecule has 4 heteroatoms. The normalized spacial score (nSPS) is 12.8. The van der Waals surface area contributed by atoms with Crippen molar-refractivity contribution in [3.8, 4) is 0 Å². The molecule has 0 bridgehead atoms. The summed E-state index contributed by atoms with van der Waals surface area (Å²) in [6, 6.07) is -0.0857. The monoisotopic (exact) mass is 181 g/mol. The average molecular weight is 181 g/mol. The third kappa shape index (κ3) is 2.66. The van der Waals surface area contributed by atoms with E-state index in [1.165, 1.54) is 0 Å². The van der Waals surface area contributed by atoms with Crippen molar-refractivity contribution in [2.45, 2.75) is 32.9 Å². The van der Waals surface area contributed by atoms with E-state index in [1.807, 2.05) is 13.8 Å². The van der Waals surface area contributed by atoms with Crippen LogP contribution in [0.2, 0.25) is 0 Å². The molecular formula is C9H15N3O. The number of carbonyl (C=O) groups excluding carboxylic acids is 1. The lowest BCUT2D eigenvalue weighted by molar-refractivity contribution is 0.0976. The Labute approximate surface area is 77.7 Å². The van der Waals surface area contributed by atoms with Gasteiger partial charge >= 0.3 is 0 Å². The van der Waals surface area contributed by atoms with Gasteiger partial charge in [0.1, 0.15) is 0 Å². The molecule has 4 nitrogen and oxygen atoms in total. The maximum Gasteiger partial charge on any atom is 0.167 e. The van der Waals surface area contributed by atoms with Crippen LogP contribution in [0, 0.1) is 0 Å². The first-order chi connectivity index (χ1) is 6.13. The summed E-state index contributed by atoms with van der Waals surface area (Å²) in [5, 5.41) is 4.02. The van der Waals surface area contributed by atoms with Gasteiger partial charge < -0.3 is 5.73 Å². The summed E-state index contributed by atoms with van der Waals surface area (Å²) in [6.07, 6.45) is 3.73. The number of nitrogens with two attached hydrogens (primary N) is 1. The molecule has 72 valence electrons. The molecule has 1 heterocycles. The van der Waals surface area contributed by atoms with Crippen LogP contribution in [0.1, 0.15) is 30.6 Å². The second kappa shape index (κ2) is 4.18. The highest BCUT2D eigenvalue weighted by atomic mass is 16.1. The van der Waals surface area contributed by atoms with E-state index in [4.69, 9.17) is 5.73 Å². The number of ketones is 1. The zero-order valence-corrected chi connectivity index (χ0v) is 8.03. The second-order valence-corrected chi connectivity index (χ2v) is 3.19. The maximum absolute atomic E-state index is 11.5. The van der Waals surface area contributed by atoms with Gasteiger partial charge in [0, 0.05) is 25.2 Å². The molecule has 1 aromatic heterocycles. The summed E-state index contributed by atoms with van der Waals surface area (Å²) < 4.78 is 1.73. The number of hydrogen-bond donors (Lipinski definition) is 1. The minimum absolute atomic E-state index is 0.0645. The van der Waals surface area contributed by atoms with E-state index in [9.17, 15) is 4.79 Å². The number of aryl methyl sites for hydroxylation is 1. The van der Waals surface area contributed by atoms with E-state index >= 15 is 0 Å². The minimum atomic E-state index is -0.0857. The molecular weight excluding hydrogens is 166 g/mol. The van der Waals surface area contributed by atoms with E-state index in [0.29, 0.717) is 12.0 Å². The lowest BCUT2D eigenvalue weighted by Crippen LogP contribution is -2.19. The van der Waals surface area contributed by atoms with Crippen LogP contribution in [0.5, 0.6) is 0 Å². The topological polar surface area (TPSA) is 60.9 Å². The summed E-state index contributed by atoms with van der Waals surface area (Å²) in [7, 11) is 0. The molecule has 13 heavy (non-hydrogen) atoms. The molecule has 0 aliphatic heterocycles. The molecule has 0 aliphatic carbocycles. The Hall–Kier alpha value is -1.16. The Kier molecular flexibility index (Phi) is 3.19. The van der Waals surface area contributed by atoms with Crippen LogP contribution in [-0.2, 0) is 6.54 Å². The summed E-state index contributed by atoms with van der Waals surface area (Å²) in [4.78, 5) is 11.5. The first-order valence-electron chi connectivity index (χ1n) is 4.44. The van der Waals surface area contributed by atoms with Gasteiger partial charge in [0.15, 0.2) is 5.78 Å². The highest BCUT2D eigenvalue weighted by molar-refractivity contribution is 5.95. The SMILES string of the molecule is CCn1cc(C(=O)CC(C)N)cn1. The number of nitrogens with zero attached hydrogens (tertiary/aromatic N) is 2. The van der Waals surface area contributed by atoms with Gasteiger partial charge in [-0.1, -0.05) is 0 Å². The lowest BCUT2D eigenvalue weighted by Gasteiger charge is -2.00. The van der Waals surface area contributed by atoms with Gasteiger partial charge in [-0.05, 0) is 13.8 Å². The Bertz CT molecular complexity index is 291. The largest absolute Gasteiger partial charge is 0.328 e. The summed E-state index contributed by atoms with van der Waals surface area (Å²) in [5.74, 6) is 0.0645. The van der Waals surface area contributed by atoms with Crippen LogP contribution in [-0.4, -0.2) is 21.6 Å². The van der Waals surface area contributed by atoms with Crippen LogP contribution in [0.4, 0.5) is 0 Å². The highest BCUT2D eigenvalue weighted by Crippen LogP contribution is 2.03. The predicted octanol–water partition coefficient (Wildman–Crippen LogP) is 0.823. The molecule has 0 saturated carbocycles. The van der Waals surface area contributed by atoms with Crippen LogP contribution >= 0.6 is 0 Å². The molecule has 0 aliphatic rings. The molecule has 1 rings (SSSR count). The molecule has 0 spiro atoms. The molecule has 1 atom stereocenters.